The molecular formula is C7H14IO2Zn. The summed E-state index contributed by atoms with van der Waals surface area (Å²) in [4.78, 5) is 9.87. The van der Waals surface area contributed by atoms with E-state index in [0.717, 1.165) is 17.3 Å². The average Bonchev–Trinajstić information content (AvgIpc) is 1.89. The van der Waals surface area contributed by atoms with Crippen LogP contribution in [0.25, 0.3) is 0 Å². The molecule has 0 aromatic carbocycles. The number of aliphatic carboxylic acids is 1. The molecule has 4 heteroatoms. The van der Waals surface area contributed by atoms with Gasteiger partial charge in [-0.3, -0.25) is 4.79 Å². The summed E-state index contributed by atoms with van der Waals surface area (Å²) in [5, 5.41) is 9.51. The molecule has 0 saturated heterocycles. The zero-order valence-electron chi connectivity index (χ0n) is 6.98. The Morgan fingerprint density at radius 3 is 2.27 bits per heavy atom. The van der Waals surface area contributed by atoms with E-state index in [1.54, 1.807) is 0 Å². The van der Waals surface area contributed by atoms with Gasteiger partial charge in [0, 0.05) is 6.42 Å². The maximum Gasteiger partial charge on any atom is 0.303 e. The first-order valence-corrected chi connectivity index (χ1v) is 7.38. The molecule has 0 spiro atoms. The van der Waals surface area contributed by atoms with Gasteiger partial charge in [-0.05, 0) is 17.3 Å². The van der Waals surface area contributed by atoms with Crippen molar-refractivity contribution in [3.8, 4) is 0 Å². The monoisotopic (exact) mass is 321 g/mol. The summed E-state index contributed by atoms with van der Waals surface area (Å²) in [6.07, 6.45) is 2.16. The molecule has 0 aromatic heterocycles. The molecule has 63 valence electrons. The SMILES string of the molecule is C[CH2][Zn].O=C(O)CCCCI. The molecule has 0 rings (SSSR count). The molecule has 0 aromatic rings. The number of carboxylic acid groups (broad SMARTS) is 1. The van der Waals surface area contributed by atoms with Gasteiger partial charge in [0.1, 0.15) is 0 Å². The summed E-state index contributed by atoms with van der Waals surface area (Å²) in [7, 11) is 0. The Kier molecular flexibility index (Phi) is 17.5. The molecule has 0 heterocycles. The van der Waals surface area contributed by atoms with Crippen LogP contribution in [0.3, 0.4) is 0 Å². The van der Waals surface area contributed by atoms with Crippen LogP contribution in [-0.4, -0.2) is 15.5 Å². The number of carbonyl (C=O) groups is 1. The Labute approximate surface area is 92.0 Å². The second-order valence-corrected chi connectivity index (χ2v) is 5.22. The van der Waals surface area contributed by atoms with E-state index in [-0.39, 0.29) is 0 Å². The van der Waals surface area contributed by atoms with E-state index >= 15 is 0 Å². The summed E-state index contributed by atoms with van der Waals surface area (Å²) in [6.45, 7) is 2.18. The predicted octanol–water partition coefficient (Wildman–Crippen LogP) is 2.65. The van der Waals surface area contributed by atoms with Gasteiger partial charge in [0.15, 0.2) is 0 Å². The van der Waals surface area contributed by atoms with Gasteiger partial charge >= 0.3 is 36.2 Å². The van der Waals surface area contributed by atoms with Crippen molar-refractivity contribution in [3.05, 3.63) is 0 Å². The fraction of sp³-hybridized carbons (Fsp3) is 0.857. The molecule has 2 nitrogen and oxygen atoms in total. The first-order valence-electron chi connectivity index (χ1n) is 3.76. The number of carboxylic acids is 1. The van der Waals surface area contributed by atoms with E-state index in [9.17, 15) is 4.79 Å². The Bertz CT molecular complexity index is 88.5. The van der Waals surface area contributed by atoms with Crippen LogP contribution in [0, 0.1) is 0 Å². The number of rotatable bonds is 4. The molecule has 0 bridgehead atoms. The Hall–Kier alpha value is 0.823. The van der Waals surface area contributed by atoms with E-state index < -0.39 is 5.97 Å². The van der Waals surface area contributed by atoms with Gasteiger partial charge in [0.25, 0.3) is 0 Å². The maximum absolute atomic E-state index is 9.87. The van der Waals surface area contributed by atoms with Crippen molar-refractivity contribution < 1.29 is 28.2 Å². The molecule has 0 aliphatic carbocycles. The van der Waals surface area contributed by atoms with Crippen molar-refractivity contribution in [1.29, 1.82) is 0 Å². The van der Waals surface area contributed by atoms with Crippen LogP contribution in [0.15, 0.2) is 0 Å². The van der Waals surface area contributed by atoms with Gasteiger partial charge in [0.05, 0.1) is 0 Å². The van der Waals surface area contributed by atoms with E-state index in [1.807, 2.05) is 0 Å². The first kappa shape index (κ1) is 14.4. The van der Waals surface area contributed by atoms with Crippen LogP contribution >= 0.6 is 22.6 Å². The Morgan fingerprint density at radius 1 is 1.55 bits per heavy atom. The van der Waals surface area contributed by atoms with Crippen molar-refractivity contribution in [3.63, 3.8) is 0 Å². The zero-order chi connectivity index (χ0) is 9.11. The fourth-order valence-corrected chi connectivity index (χ4v) is 0.910. The molecule has 0 amide bonds. The van der Waals surface area contributed by atoms with Crippen LogP contribution in [-0.2, 0) is 23.1 Å². The standard InChI is InChI=1S/C5H9IO2.C2H5.Zn/c6-4-2-1-3-5(7)8;1-2;/h1-4H2,(H,7,8);1H2,2H3;. The normalized spacial score (nSPS) is 8.36. The minimum absolute atomic E-state index is 0.322. The molecule has 1 N–H and O–H groups in total. The second kappa shape index (κ2) is 13.4. The van der Waals surface area contributed by atoms with Crippen LogP contribution in [0.1, 0.15) is 26.2 Å². The smallest absolute Gasteiger partial charge is 0.303 e. The second-order valence-electron chi connectivity index (χ2n) is 2.04. The molecular weight excluding hydrogens is 308 g/mol. The molecule has 0 radical (unpaired) electrons. The summed E-state index contributed by atoms with van der Waals surface area (Å²) in [6, 6.07) is 0. The number of unbranched alkanes of at least 4 members (excludes halogenated alkanes) is 1. The van der Waals surface area contributed by atoms with Crippen LogP contribution in [0.4, 0.5) is 0 Å². The number of alkyl halides is 1. The van der Waals surface area contributed by atoms with E-state index in [2.05, 4.69) is 29.5 Å². The van der Waals surface area contributed by atoms with Crippen molar-refractivity contribution in [2.75, 3.05) is 4.43 Å². The summed E-state index contributed by atoms with van der Waals surface area (Å²) in [5.41, 5.74) is 0. The third-order valence-electron chi connectivity index (χ3n) is 0.774. The minimum atomic E-state index is -0.685. The number of hydrogen-bond donors (Lipinski definition) is 1. The maximum atomic E-state index is 9.87. The van der Waals surface area contributed by atoms with Crippen molar-refractivity contribution >= 4 is 28.6 Å². The van der Waals surface area contributed by atoms with Crippen molar-refractivity contribution in [1.82, 2.24) is 0 Å². The van der Waals surface area contributed by atoms with Gasteiger partial charge < -0.3 is 5.11 Å². The fourth-order valence-electron chi connectivity index (χ4n) is 0.371. The summed E-state index contributed by atoms with van der Waals surface area (Å²) in [5.74, 6) is -0.685. The topological polar surface area (TPSA) is 37.3 Å². The van der Waals surface area contributed by atoms with Crippen LogP contribution in [0.5, 0.6) is 0 Å². The third-order valence-corrected chi connectivity index (χ3v) is 1.54. The first-order chi connectivity index (χ1) is 5.18. The Balaban J connectivity index is 0. The number of halogens is 1. The van der Waals surface area contributed by atoms with Gasteiger partial charge in [-0.2, -0.15) is 0 Å². The van der Waals surface area contributed by atoms with Gasteiger partial charge in [-0.1, -0.05) is 22.6 Å². The molecule has 0 saturated carbocycles. The number of hydrogen-bond acceptors (Lipinski definition) is 1. The van der Waals surface area contributed by atoms with E-state index in [0.29, 0.717) is 6.42 Å². The van der Waals surface area contributed by atoms with Crippen molar-refractivity contribution in [2.24, 2.45) is 0 Å². The summed E-state index contributed by atoms with van der Waals surface area (Å²) < 4.78 is 1.06. The van der Waals surface area contributed by atoms with Crippen molar-refractivity contribution in [2.45, 2.75) is 31.2 Å². The largest absolute Gasteiger partial charge is 0.481 e. The molecule has 0 aliphatic heterocycles. The molecule has 0 fully saturated rings. The third kappa shape index (κ3) is 24.8. The minimum Gasteiger partial charge on any atom is -0.481 e. The van der Waals surface area contributed by atoms with Gasteiger partial charge in [-0.25, -0.2) is 0 Å². The van der Waals surface area contributed by atoms with Crippen LogP contribution in [0.2, 0.25) is 5.02 Å². The molecule has 0 aliphatic rings. The molecule has 0 atom stereocenters. The van der Waals surface area contributed by atoms with Crippen LogP contribution < -0.4 is 0 Å². The zero-order valence-corrected chi connectivity index (χ0v) is 12.1. The summed E-state index contributed by atoms with van der Waals surface area (Å²) >= 11 is 3.69. The predicted molar refractivity (Wildman–Crippen MR) is 50.9 cm³/mol. The van der Waals surface area contributed by atoms with Gasteiger partial charge in [0.2, 0.25) is 0 Å². The Morgan fingerprint density at radius 2 is 2.00 bits per heavy atom. The average molecular weight is 322 g/mol. The molecule has 0 unspecified atom stereocenters. The quantitative estimate of drug-likeness (QED) is 0.374. The van der Waals surface area contributed by atoms with Gasteiger partial charge in [-0.15, -0.1) is 0 Å². The molecule has 11 heavy (non-hydrogen) atoms. The van der Waals surface area contributed by atoms with E-state index in [4.69, 9.17) is 5.11 Å². The van der Waals surface area contributed by atoms with E-state index in [1.165, 1.54) is 23.3 Å².